The molecule has 1 saturated carbocycles. The van der Waals surface area contributed by atoms with E-state index < -0.39 is 25.5 Å². The van der Waals surface area contributed by atoms with Gasteiger partial charge >= 0.3 is 0 Å². The summed E-state index contributed by atoms with van der Waals surface area (Å²) >= 11 is 0. The normalized spacial score (nSPS) is 15.8. The fourth-order valence-electron chi connectivity index (χ4n) is 5.54. The minimum absolute atomic E-state index is 0.257. The molecule has 10 heteroatoms. The molecule has 1 fully saturated rings. The second kappa shape index (κ2) is 12.9. The average molecular weight is 582 g/mol. The zero-order valence-corrected chi connectivity index (χ0v) is 26.3. The number of hydrogen-bond acceptors (Lipinski definition) is 5. The summed E-state index contributed by atoms with van der Waals surface area (Å²) in [6.07, 6.45) is 5.88. The van der Waals surface area contributed by atoms with E-state index in [2.05, 4.69) is 9.29 Å². The number of methoxy groups -OCH3 is 1. The van der Waals surface area contributed by atoms with Crippen LogP contribution in [0.2, 0.25) is 0 Å². The molecule has 1 heterocycles. The Bertz CT molecular complexity index is 1340. The SMILES string of the molecule is CCNS(=O)(=O)c1ccc(-c2cc(S(=O)(=O)N(CC)CCOC)c(C)n2CC2CCCCC2)cc1C(C)(C)C. The Morgan fingerprint density at radius 3 is 2.26 bits per heavy atom. The fourth-order valence-corrected chi connectivity index (χ4v) is 8.66. The number of ether oxygens (including phenoxy) is 1. The van der Waals surface area contributed by atoms with Gasteiger partial charge in [-0.3, -0.25) is 0 Å². The summed E-state index contributed by atoms with van der Waals surface area (Å²) in [7, 11) is -5.87. The van der Waals surface area contributed by atoms with Gasteiger partial charge in [0.15, 0.2) is 0 Å². The summed E-state index contributed by atoms with van der Waals surface area (Å²) in [4.78, 5) is 0.556. The summed E-state index contributed by atoms with van der Waals surface area (Å²) in [5.74, 6) is 0.477. The van der Waals surface area contributed by atoms with Crippen LogP contribution in [0, 0.1) is 12.8 Å². The van der Waals surface area contributed by atoms with Gasteiger partial charge in [-0.15, -0.1) is 0 Å². The van der Waals surface area contributed by atoms with Crippen molar-refractivity contribution in [1.82, 2.24) is 13.6 Å². The lowest BCUT2D eigenvalue weighted by molar-refractivity contribution is 0.180. The molecule has 1 N–H and O–H groups in total. The van der Waals surface area contributed by atoms with Crippen LogP contribution in [0.5, 0.6) is 0 Å². The van der Waals surface area contributed by atoms with E-state index in [0.29, 0.717) is 41.8 Å². The van der Waals surface area contributed by atoms with E-state index in [-0.39, 0.29) is 11.4 Å². The van der Waals surface area contributed by atoms with Gasteiger partial charge in [0, 0.05) is 44.7 Å². The molecule has 0 unspecified atom stereocenters. The number of benzene rings is 1. The largest absolute Gasteiger partial charge is 0.383 e. The summed E-state index contributed by atoms with van der Waals surface area (Å²) in [5.41, 5.74) is 2.59. The van der Waals surface area contributed by atoms with Gasteiger partial charge in [0.05, 0.1) is 11.5 Å². The first kappa shape index (κ1) is 31.8. The molecule has 1 aliphatic rings. The molecule has 1 aromatic heterocycles. The van der Waals surface area contributed by atoms with Gasteiger partial charge in [0.25, 0.3) is 0 Å². The molecule has 0 spiro atoms. The van der Waals surface area contributed by atoms with E-state index in [1.807, 2.05) is 46.8 Å². The van der Waals surface area contributed by atoms with Crippen molar-refractivity contribution >= 4 is 20.0 Å². The Morgan fingerprint density at radius 2 is 1.69 bits per heavy atom. The third-order valence-electron chi connectivity index (χ3n) is 7.71. The van der Waals surface area contributed by atoms with Crippen LogP contribution in [-0.2, 0) is 36.7 Å². The predicted molar refractivity (Wildman–Crippen MR) is 157 cm³/mol. The highest BCUT2D eigenvalue weighted by molar-refractivity contribution is 7.89. The molecule has 2 aromatic rings. The average Bonchev–Trinajstić information content (AvgIpc) is 3.20. The summed E-state index contributed by atoms with van der Waals surface area (Å²) in [6.45, 7) is 13.5. The van der Waals surface area contributed by atoms with Crippen molar-refractivity contribution in [1.29, 1.82) is 0 Å². The summed E-state index contributed by atoms with van der Waals surface area (Å²) < 4.78 is 65.2. The Kier molecular flexibility index (Phi) is 10.5. The van der Waals surface area contributed by atoms with Crippen molar-refractivity contribution in [2.75, 3.05) is 33.4 Å². The zero-order valence-electron chi connectivity index (χ0n) is 24.7. The molecular weight excluding hydrogens is 534 g/mol. The molecule has 0 amide bonds. The summed E-state index contributed by atoms with van der Waals surface area (Å²) in [5, 5.41) is 0. The van der Waals surface area contributed by atoms with Crippen LogP contribution in [0.4, 0.5) is 0 Å². The lowest BCUT2D eigenvalue weighted by Gasteiger charge is -2.26. The molecule has 0 radical (unpaired) electrons. The van der Waals surface area contributed by atoms with Gasteiger partial charge in [0.2, 0.25) is 20.0 Å². The number of nitrogens with zero attached hydrogens (tertiary/aromatic N) is 2. The van der Waals surface area contributed by atoms with Crippen LogP contribution in [0.3, 0.4) is 0 Å². The van der Waals surface area contributed by atoms with E-state index in [1.54, 1.807) is 26.2 Å². The highest BCUT2D eigenvalue weighted by atomic mass is 32.2. The van der Waals surface area contributed by atoms with Crippen LogP contribution < -0.4 is 4.72 Å². The van der Waals surface area contributed by atoms with Crippen molar-refractivity contribution in [3.8, 4) is 11.3 Å². The van der Waals surface area contributed by atoms with E-state index in [9.17, 15) is 16.8 Å². The highest BCUT2D eigenvalue weighted by Gasteiger charge is 2.31. The van der Waals surface area contributed by atoms with Crippen molar-refractivity contribution < 1.29 is 21.6 Å². The Balaban J connectivity index is 2.23. The maximum Gasteiger partial charge on any atom is 0.244 e. The zero-order chi connectivity index (χ0) is 29.0. The van der Waals surface area contributed by atoms with Gasteiger partial charge in [-0.05, 0) is 60.4 Å². The number of sulfonamides is 2. The second-order valence-electron chi connectivity index (χ2n) is 11.5. The Morgan fingerprint density at radius 1 is 1.03 bits per heavy atom. The van der Waals surface area contributed by atoms with E-state index in [4.69, 9.17) is 4.74 Å². The summed E-state index contributed by atoms with van der Waals surface area (Å²) in [6, 6.07) is 7.18. The molecule has 3 rings (SSSR count). The maximum atomic E-state index is 13.8. The first-order valence-corrected chi connectivity index (χ1v) is 17.0. The number of hydrogen-bond donors (Lipinski definition) is 1. The van der Waals surface area contributed by atoms with Crippen molar-refractivity contribution in [2.45, 2.75) is 95.4 Å². The van der Waals surface area contributed by atoms with E-state index in [1.165, 1.54) is 23.6 Å². The lowest BCUT2D eigenvalue weighted by atomic mass is 9.85. The second-order valence-corrected chi connectivity index (χ2v) is 15.2. The van der Waals surface area contributed by atoms with Crippen molar-refractivity contribution in [3.05, 3.63) is 35.5 Å². The minimum Gasteiger partial charge on any atom is -0.383 e. The Hall–Kier alpha value is -1.72. The van der Waals surface area contributed by atoms with Crippen LogP contribution in [0.1, 0.15) is 78.0 Å². The molecule has 0 atom stereocenters. The van der Waals surface area contributed by atoms with E-state index in [0.717, 1.165) is 30.6 Å². The van der Waals surface area contributed by atoms with Gasteiger partial charge in [-0.2, -0.15) is 4.31 Å². The minimum atomic E-state index is -3.76. The van der Waals surface area contributed by atoms with Crippen LogP contribution in [0.15, 0.2) is 34.1 Å². The molecule has 39 heavy (non-hydrogen) atoms. The van der Waals surface area contributed by atoms with Crippen molar-refractivity contribution in [2.24, 2.45) is 5.92 Å². The smallest absolute Gasteiger partial charge is 0.244 e. The first-order chi connectivity index (χ1) is 18.3. The quantitative estimate of drug-likeness (QED) is 0.367. The number of nitrogens with one attached hydrogen (secondary N) is 1. The maximum absolute atomic E-state index is 13.8. The van der Waals surface area contributed by atoms with E-state index >= 15 is 0 Å². The first-order valence-electron chi connectivity index (χ1n) is 14.1. The number of rotatable bonds is 12. The molecular formula is C29H47N3O5S2. The third-order valence-corrected chi connectivity index (χ3v) is 11.4. The van der Waals surface area contributed by atoms with Crippen LogP contribution in [0.25, 0.3) is 11.3 Å². The predicted octanol–water partition coefficient (Wildman–Crippen LogP) is 5.30. The van der Waals surface area contributed by atoms with Crippen LogP contribution in [-0.4, -0.2) is 59.1 Å². The third kappa shape index (κ3) is 7.14. The fraction of sp³-hybridized carbons (Fsp3) is 0.655. The number of likely N-dealkylation sites (N-methyl/N-ethyl adjacent to an activating group) is 1. The molecule has 0 saturated heterocycles. The highest BCUT2D eigenvalue weighted by Crippen LogP contribution is 2.37. The van der Waals surface area contributed by atoms with Gasteiger partial charge in [0.1, 0.15) is 4.90 Å². The molecule has 8 nitrogen and oxygen atoms in total. The van der Waals surface area contributed by atoms with Gasteiger partial charge in [-0.25, -0.2) is 21.6 Å². The Labute approximate surface area is 236 Å². The molecule has 1 aromatic carbocycles. The molecule has 0 aliphatic heterocycles. The standard InChI is InChI=1S/C29H47N3O5S2/c1-8-30-38(33,34)27-16-15-24(19-25(27)29(4,5)6)26-20-28(39(35,36)31(9-2)17-18-37-7)22(3)32(26)21-23-13-11-10-12-14-23/h15-16,19-20,23,30H,8-14,17-18,21H2,1-7H3. The van der Waals surface area contributed by atoms with Crippen molar-refractivity contribution in [3.63, 3.8) is 0 Å². The molecule has 220 valence electrons. The number of aromatic nitrogens is 1. The molecule has 1 aliphatic carbocycles. The van der Waals surface area contributed by atoms with Gasteiger partial charge < -0.3 is 9.30 Å². The monoisotopic (exact) mass is 581 g/mol. The molecule has 0 bridgehead atoms. The van der Waals surface area contributed by atoms with Crippen LogP contribution >= 0.6 is 0 Å². The topological polar surface area (TPSA) is 97.7 Å². The lowest BCUT2D eigenvalue weighted by Crippen LogP contribution is -2.34. The van der Waals surface area contributed by atoms with Gasteiger partial charge in [-0.1, -0.05) is 59.9 Å².